The maximum atomic E-state index is 14.0. The van der Waals surface area contributed by atoms with Crippen molar-refractivity contribution in [3.8, 4) is 0 Å². The molecular weight excluding hydrogens is 307 g/mol. The molecule has 3 heteroatoms. The summed E-state index contributed by atoms with van der Waals surface area (Å²) in [6.45, 7) is 6.28. The van der Waals surface area contributed by atoms with Crippen LogP contribution in [0.15, 0.2) is 72.3 Å². The third-order valence-electron chi connectivity index (χ3n) is 3.62. The van der Waals surface area contributed by atoms with Gasteiger partial charge in [0.05, 0.1) is 4.99 Å². The van der Waals surface area contributed by atoms with Gasteiger partial charge in [0, 0.05) is 16.4 Å². The molecule has 0 aliphatic heterocycles. The van der Waals surface area contributed by atoms with Crippen LogP contribution in [0.25, 0.3) is 0 Å². The Morgan fingerprint density at radius 3 is 1.86 bits per heavy atom. The molecule has 2 aromatic rings. The molecule has 1 unspecified atom stereocenters. The topological polar surface area (TPSA) is 17.1 Å². The summed E-state index contributed by atoms with van der Waals surface area (Å²) in [6, 6.07) is 19.8. The molecule has 0 saturated heterocycles. The molecule has 0 amide bonds. The van der Waals surface area contributed by atoms with Crippen LogP contribution in [-0.2, 0) is 4.57 Å². The molecule has 0 heterocycles. The van der Waals surface area contributed by atoms with Gasteiger partial charge in [-0.2, -0.15) is 0 Å². The van der Waals surface area contributed by atoms with Gasteiger partial charge in [0.2, 0.25) is 0 Å². The monoisotopic (exact) mass is 330 g/mol. The Labute approximate surface area is 138 Å². The van der Waals surface area contributed by atoms with Crippen LogP contribution < -0.4 is 10.6 Å². The molecule has 0 aliphatic carbocycles. The number of hydrogen-bond donors (Lipinski definition) is 0. The van der Waals surface area contributed by atoms with Crippen molar-refractivity contribution in [3.63, 3.8) is 0 Å². The molecule has 0 fully saturated rings. The minimum Gasteiger partial charge on any atom is -0.312 e. The average Bonchev–Trinajstić information content (AvgIpc) is 2.55. The van der Waals surface area contributed by atoms with Gasteiger partial charge in [0.1, 0.15) is 0 Å². The van der Waals surface area contributed by atoms with Crippen LogP contribution in [0.2, 0.25) is 0 Å². The minimum atomic E-state index is -2.64. The van der Waals surface area contributed by atoms with Gasteiger partial charge < -0.3 is 4.57 Å². The lowest BCUT2D eigenvalue weighted by molar-refractivity contribution is 0.586. The van der Waals surface area contributed by atoms with E-state index in [-0.39, 0.29) is 4.99 Å². The largest absolute Gasteiger partial charge is 0.312 e. The molecule has 0 spiro atoms. The van der Waals surface area contributed by atoms with Crippen LogP contribution in [0.1, 0.15) is 20.8 Å². The molecule has 116 valence electrons. The maximum absolute atomic E-state index is 14.0. The van der Waals surface area contributed by atoms with E-state index in [1.807, 2.05) is 60.7 Å². The maximum Gasteiger partial charge on any atom is 0.155 e. The Morgan fingerprint density at radius 1 is 1.00 bits per heavy atom. The summed E-state index contributed by atoms with van der Waals surface area (Å²) in [5.74, 6) is 0.896. The van der Waals surface area contributed by atoms with Crippen LogP contribution >= 0.6 is 18.9 Å². The highest BCUT2D eigenvalue weighted by Crippen LogP contribution is 2.52. The van der Waals surface area contributed by atoms with Crippen molar-refractivity contribution in [2.24, 2.45) is 0 Å². The third kappa shape index (κ3) is 3.94. The first kappa shape index (κ1) is 17.1. The zero-order valence-electron chi connectivity index (χ0n) is 13.4. The molecular formula is C19H23OPS. The van der Waals surface area contributed by atoms with E-state index in [2.05, 4.69) is 26.8 Å². The SMILES string of the molecule is CC(C)=CCSC(C)P(=O)(c1ccccc1)c1ccccc1. The van der Waals surface area contributed by atoms with E-state index in [4.69, 9.17) is 0 Å². The average molecular weight is 330 g/mol. The fourth-order valence-electron chi connectivity index (χ4n) is 2.33. The van der Waals surface area contributed by atoms with Gasteiger partial charge >= 0.3 is 0 Å². The lowest BCUT2D eigenvalue weighted by Crippen LogP contribution is -2.22. The lowest BCUT2D eigenvalue weighted by atomic mass is 10.3. The summed E-state index contributed by atoms with van der Waals surface area (Å²) in [5.41, 5.74) is 1.30. The van der Waals surface area contributed by atoms with Gasteiger partial charge in [0.25, 0.3) is 0 Å². The second-order valence-electron chi connectivity index (χ2n) is 5.54. The van der Waals surface area contributed by atoms with Crippen molar-refractivity contribution in [2.75, 3.05) is 5.75 Å². The quantitative estimate of drug-likeness (QED) is 0.545. The third-order valence-corrected chi connectivity index (χ3v) is 8.95. The molecule has 2 aromatic carbocycles. The highest BCUT2D eigenvalue weighted by Gasteiger charge is 2.33. The Balaban J connectivity index is 2.39. The molecule has 22 heavy (non-hydrogen) atoms. The molecule has 0 aliphatic rings. The predicted molar refractivity (Wildman–Crippen MR) is 101 cm³/mol. The van der Waals surface area contributed by atoms with Crippen molar-refractivity contribution in [2.45, 2.75) is 25.8 Å². The lowest BCUT2D eigenvalue weighted by Gasteiger charge is -2.25. The van der Waals surface area contributed by atoms with E-state index >= 15 is 0 Å². The molecule has 0 radical (unpaired) electrons. The number of benzene rings is 2. The van der Waals surface area contributed by atoms with Crippen molar-refractivity contribution in [3.05, 3.63) is 72.3 Å². The van der Waals surface area contributed by atoms with Crippen molar-refractivity contribution in [1.29, 1.82) is 0 Å². The number of thioether (sulfide) groups is 1. The van der Waals surface area contributed by atoms with E-state index in [0.717, 1.165) is 16.4 Å². The highest BCUT2D eigenvalue weighted by atomic mass is 32.2. The Morgan fingerprint density at radius 2 is 1.45 bits per heavy atom. The van der Waals surface area contributed by atoms with Crippen LogP contribution in [0, 0.1) is 0 Å². The van der Waals surface area contributed by atoms with Gasteiger partial charge in [-0.25, -0.2) is 0 Å². The Kier molecular flexibility index (Phi) is 6.11. The van der Waals surface area contributed by atoms with Gasteiger partial charge in [-0.15, -0.1) is 11.8 Å². The van der Waals surface area contributed by atoms with E-state index in [9.17, 15) is 4.57 Å². The van der Waals surface area contributed by atoms with Crippen molar-refractivity contribution >= 4 is 29.5 Å². The van der Waals surface area contributed by atoms with Crippen LogP contribution in [0.4, 0.5) is 0 Å². The van der Waals surface area contributed by atoms with E-state index < -0.39 is 7.14 Å². The first-order chi connectivity index (χ1) is 10.5. The summed E-state index contributed by atoms with van der Waals surface area (Å²) in [7, 11) is -2.64. The number of rotatable bonds is 6. The second kappa shape index (κ2) is 7.85. The molecule has 0 N–H and O–H groups in total. The molecule has 0 aromatic heterocycles. The summed E-state index contributed by atoms with van der Waals surface area (Å²) >= 11 is 1.76. The normalized spacial score (nSPS) is 12.7. The van der Waals surface area contributed by atoms with Gasteiger partial charge in [-0.3, -0.25) is 0 Å². The smallest absolute Gasteiger partial charge is 0.155 e. The van der Waals surface area contributed by atoms with Gasteiger partial charge in [-0.05, 0) is 20.8 Å². The predicted octanol–water partition coefficient (Wildman–Crippen LogP) is 5.05. The fraction of sp³-hybridized carbons (Fsp3) is 0.263. The molecule has 0 saturated carbocycles. The van der Waals surface area contributed by atoms with Crippen LogP contribution in [0.5, 0.6) is 0 Å². The Bertz CT molecular complexity index is 617. The Hall–Kier alpha value is -1.24. The fourth-order valence-corrected chi connectivity index (χ4v) is 7.23. The van der Waals surface area contributed by atoms with E-state index in [0.29, 0.717) is 0 Å². The van der Waals surface area contributed by atoms with Crippen LogP contribution in [0.3, 0.4) is 0 Å². The van der Waals surface area contributed by atoms with E-state index in [1.54, 1.807) is 11.8 Å². The first-order valence-corrected chi connectivity index (χ1v) is 10.3. The number of allylic oxidation sites excluding steroid dienone is 1. The van der Waals surface area contributed by atoms with Crippen molar-refractivity contribution in [1.82, 2.24) is 0 Å². The molecule has 1 atom stereocenters. The summed E-state index contributed by atoms with van der Waals surface area (Å²) < 4.78 is 14.0. The molecule has 1 nitrogen and oxygen atoms in total. The summed E-state index contributed by atoms with van der Waals surface area (Å²) in [6.07, 6.45) is 2.20. The van der Waals surface area contributed by atoms with Gasteiger partial charge in [0.15, 0.2) is 7.14 Å². The molecule has 0 bridgehead atoms. The van der Waals surface area contributed by atoms with E-state index in [1.165, 1.54) is 5.57 Å². The standard InChI is InChI=1S/C19H23OPS/c1-16(2)14-15-22-17(3)21(20,18-10-6-4-7-11-18)19-12-8-5-9-13-19/h4-14,17H,15H2,1-3H3. The molecule has 2 rings (SSSR count). The summed E-state index contributed by atoms with van der Waals surface area (Å²) in [4.78, 5) is 0.0490. The van der Waals surface area contributed by atoms with Gasteiger partial charge in [-0.1, -0.05) is 72.3 Å². The highest BCUT2D eigenvalue weighted by molar-refractivity contribution is 8.08. The second-order valence-corrected chi connectivity index (χ2v) is 10.4. The zero-order chi connectivity index (χ0) is 16.0. The zero-order valence-corrected chi connectivity index (χ0v) is 15.1. The van der Waals surface area contributed by atoms with Crippen LogP contribution in [-0.4, -0.2) is 10.7 Å². The van der Waals surface area contributed by atoms with Crippen molar-refractivity contribution < 1.29 is 4.57 Å². The summed E-state index contributed by atoms with van der Waals surface area (Å²) in [5, 5.41) is 1.89. The minimum absolute atomic E-state index is 0.0490. The first-order valence-electron chi connectivity index (χ1n) is 7.51. The number of hydrogen-bond acceptors (Lipinski definition) is 2.